The van der Waals surface area contributed by atoms with Gasteiger partial charge in [0.25, 0.3) is 0 Å². The number of amides is 1. The standard InChI is InChI=1S/C19H16Cl2N2O3S/c1-27(25,26)23(18-11-14(20)9-10-16(18)21)12-19(24)22-17-8-4-6-13-5-2-3-7-15(13)17/h2-11H,12H2,1H3,(H,22,24). The van der Waals surface area contributed by atoms with E-state index >= 15 is 0 Å². The van der Waals surface area contributed by atoms with E-state index in [1.807, 2.05) is 36.4 Å². The van der Waals surface area contributed by atoms with Crippen LogP contribution >= 0.6 is 23.2 Å². The molecule has 5 nitrogen and oxygen atoms in total. The number of halogens is 2. The molecule has 0 heterocycles. The van der Waals surface area contributed by atoms with E-state index in [0.29, 0.717) is 10.7 Å². The average molecular weight is 423 g/mol. The van der Waals surface area contributed by atoms with Gasteiger partial charge in [-0.05, 0) is 29.7 Å². The zero-order valence-electron chi connectivity index (χ0n) is 14.3. The smallest absolute Gasteiger partial charge is 0.245 e. The van der Waals surface area contributed by atoms with Crippen molar-refractivity contribution in [3.63, 3.8) is 0 Å². The minimum absolute atomic E-state index is 0.153. The van der Waals surface area contributed by atoms with Gasteiger partial charge in [-0.15, -0.1) is 0 Å². The van der Waals surface area contributed by atoms with Crippen LogP contribution in [0.5, 0.6) is 0 Å². The summed E-state index contributed by atoms with van der Waals surface area (Å²) >= 11 is 12.1. The van der Waals surface area contributed by atoms with E-state index in [9.17, 15) is 13.2 Å². The van der Waals surface area contributed by atoms with Crippen molar-refractivity contribution in [3.8, 4) is 0 Å². The van der Waals surface area contributed by atoms with E-state index in [1.165, 1.54) is 12.1 Å². The van der Waals surface area contributed by atoms with Crippen LogP contribution in [0.25, 0.3) is 10.8 Å². The molecule has 0 spiro atoms. The van der Waals surface area contributed by atoms with Crippen LogP contribution in [0.2, 0.25) is 10.0 Å². The van der Waals surface area contributed by atoms with Gasteiger partial charge in [0.05, 0.1) is 17.0 Å². The molecule has 140 valence electrons. The van der Waals surface area contributed by atoms with Gasteiger partial charge in [-0.1, -0.05) is 59.6 Å². The largest absolute Gasteiger partial charge is 0.324 e. The van der Waals surface area contributed by atoms with Crippen LogP contribution in [0.3, 0.4) is 0 Å². The monoisotopic (exact) mass is 422 g/mol. The van der Waals surface area contributed by atoms with Gasteiger partial charge in [0.2, 0.25) is 15.9 Å². The second-order valence-electron chi connectivity index (χ2n) is 5.94. The van der Waals surface area contributed by atoms with Gasteiger partial charge in [0.1, 0.15) is 6.54 Å². The van der Waals surface area contributed by atoms with E-state index in [1.54, 1.807) is 12.1 Å². The Morgan fingerprint density at radius 3 is 2.48 bits per heavy atom. The molecule has 0 aliphatic carbocycles. The number of hydrogen-bond acceptors (Lipinski definition) is 3. The van der Waals surface area contributed by atoms with Crippen molar-refractivity contribution in [2.75, 3.05) is 22.4 Å². The van der Waals surface area contributed by atoms with Crippen molar-refractivity contribution in [3.05, 3.63) is 70.7 Å². The van der Waals surface area contributed by atoms with E-state index in [4.69, 9.17) is 23.2 Å². The van der Waals surface area contributed by atoms with Crippen molar-refractivity contribution in [2.24, 2.45) is 0 Å². The molecule has 0 aliphatic rings. The first-order valence-corrected chi connectivity index (χ1v) is 10.6. The fourth-order valence-corrected chi connectivity index (χ4v) is 4.01. The molecule has 3 rings (SSSR count). The normalized spacial score (nSPS) is 11.4. The minimum Gasteiger partial charge on any atom is -0.324 e. The lowest BCUT2D eigenvalue weighted by Crippen LogP contribution is -2.37. The Hall–Kier alpha value is -2.28. The van der Waals surface area contributed by atoms with Crippen LogP contribution in [0.1, 0.15) is 0 Å². The molecule has 1 amide bonds. The lowest BCUT2D eigenvalue weighted by Gasteiger charge is -2.23. The fraction of sp³-hybridized carbons (Fsp3) is 0.105. The Kier molecular flexibility index (Phi) is 5.60. The quantitative estimate of drug-likeness (QED) is 0.655. The highest BCUT2D eigenvalue weighted by Gasteiger charge is 2.23. The number of sulfonamides is 1. The van der Waals surface area contributed by atoms with E-state index < -0.39 is 22.5 Å². The van der Waals surface area contributed by atoms with Gasteiger partial charge >= 0.3 is 0 Å². The second-order valence-corrected chi connectivity index (χ2v) is 8.69. The number of benzene rings is 3. The molecule has 1 N–H and O–H groups in total. The summed E-state index contributed by atoms with van der Waals surface area (Å²) in [7, 11) is -3.76. The van der Waals surface area contributed by atoms with Crippen LogP contribution in [0.4, 0.5) is 11.4 Å². The maximum absolute atomic E-state index is 12.6. The molecular weight excluding hydrogens is 407 g/mol. The molecule has 0 radical (unpaired) electrons. The lowest BCUT2D eigenvalue weighted by molar-refractivity contribution is -0.114. The number of hydrogen-bond donors (Lipinski definition) is 1. The third-order valence-corrected chi connectivity index (χ3v) is 5.61. The molecule has 0 aromatic heterocycles. The van der Waals surface area contributed by atoms with Crippen molar-refractivity contribution in [1.29, 1.82) is 0 Å². The van der Waals surface area contributed by atoms with Crippen LogP contribution in [-0.2, 0) is 14.8 Å². The summed E-state index contributed by atoms with van der Waals surface area (Å²) in [5.74, 6) is -0.493. The fourth-order valence-electron chi connectivity index (χ4n) is 2.71. The molecule has 0 saturated heterocycles. The summed E-state index contributed by atoms with van der Waals surface area (Å²) in [6.07, 6.45) is 1.01. The third-order valence-electron chi connectivity index (χ3n) is 3.93. The van der Waals surface area contributed by atoms with Gasteiger partial charge in [0.15, 0.2) is 0 Å². The maximum atomic E-state index is 12.6. The molecule has 3 aromatic rings. The van der Waals surface area contributed by atoms with Gasteiger partial charge in [-0.25, -0.2) is 8.42 Å². The zero-order valence-corrected chi connectivity index (χ0v) is 16.6. The molecule has 3 aromatic carbocycles. The molecule has 0 unspecified atom stereocenters. The van der Waals surface area contributed by atoms with Crippen LogP contribution < -0.4 is 9.62 Å². The molecule has 0 saturated carbocycles. The van der Waals surface area contributed by atoms with Gasteiger partial charge in [-0.2, -0.15) is 0 Å². The SMILES string of the molecule is CS(=O)(=O)N(CC(=O)Nc1cccc2ccccc12)c1cc(Cl)ccc1Cl. The second kappa shape index (κ2) is 7.76. The molecule has 27 heavy (non-hydrogen) atoms. The van der Waals surface area contributed by atoms with Crippen LogP contribution in [0.15, 0.2) is 60.7 Å². The highest BCUT2D eigenvalue weighted by Crippen LogP contribution is 2.31. The first-order chi connectivity index (χ1) is 12.8. The molecule has 0 atom stereocenters. The van der Waals surface area contributed by atoms with E-state index in [2.05, 4.69) is 5.32 Å². The van der Waals surface area contributed by atoms with Crippen molar-refractivity contribution in [2.45, 2.75) is 0 Å². The molecule has 0 bridgehead atoms. The molecular formula is C19H16Cl2N2O3S. The molecule has 8 heteroatoms. The van der Waals surface area contributed by atoms with Crippen LogP contribution in [-0.4, -0.2) is 27.1 Å². The maximum Gasteiger partial charge on any atom is 0.245 e. The summed E-state index contributed by atoms with van der Waals surface area (Å²) in [5, 5.41) is 5.10. The van der Waals surface area contributed by atoms with E-state index in [-0.39, 0.29) is 10.7 Å². The average Bonchev–Trinajstić information content (AvgIpc) is 2.61. The lowest BCUT2D eigenvalue weighted by atomic mass is 10.1. The topological polar surface area (TPSA) is 66.5 Å². The van der Waals surface area contributed by atoms with Crippen LogP contribution in [0, 0.1) is 0 Å². The summed E-state index contributed by atoms with van der Waals surface area (Å²) in [4.78, 5) is 12.6. The zero-order chi connectivity index (χ0) is 19.6. The summed E-state index contributed by atoms with van der Waals surface area (Å²) < 4.78 is 25.4. The Morgan fingerprint density at radius 2 is 1.74 bits per heavy atom. The predicted molar refractivity (Wildman–Crippen MR) is 111 cm³/mol. The minimum atomic E-state index is -3.76. The first-order valence-electron chi connectivity index (χ1n) is 7.96. The summed E-state index contributed by atoms with van der Waals surface area (Å²) in [6.45, 7) is -0.428. The molecule has 0 fully saturated rings. The predicted octanol–water partition coefficient (Wildman–Crippen LogP) is 4.55. The van der Waals surface area contributed by atoms with Gasteiger partial charge in [0, 0.05) is 16.1 Å². The highest BCUT2D eigenvalue weighted by molar-refractivity contribution is 7.92. The van der Waals surface area contributed by atoms with E-state index in [0.717, 1.165) is 21.3 Å². The number of nitrogens with zero attached hydrogens (tertiary/aromatic N) is 1. The number of carbonyl (C=O) groups is 1. The molecule has 0 aliphatic heterocycles. The van der Waals surface area contributed by atoms with Gasteiger partial charge in [-0.3, -0.25) is 9.10 Å². The number of fused-ring (bicyclic) bond motifs is 1. The Morgan fingerprint density at radius 1 is 1.04 bits per heavy atom. The summed E-state index contributed by atoms with van der Waals surface area (Å²) in [6, 6.07) is 17.5. The Labute approximate surface area is 167 Å². The highest BCUT2D eigenvalue weighted by atomic mass is 35.5. The van der Waals surface area contributed by atoms with Crippen molar-refractivity contribution in [1.82, 2.24) is 0 Å². The number of nitrogens with one attached hydrogen (secondary N) is 1. The Bertz CT molecular complexity index is 1110. The summed E-state index contributed by atoms with van der Waals surface area (Å²) in [5.41, 5.74) is 0.753. The number of carbonyl (C=O) groups excluding carboxylic acids is 1. The third kappa shape index (κ3) is 4.53. The van der Waals surface area contributed by atoms with Gasteiger partial charge < -0.3 is 5.32 Å². The number of rotatable bonds is 5. The van der Waals surface area contributed by atoms with Crippen molar-refractivity contribution >= 4 is 61.3 Å². The van der Waals surface area contributed by atoms with Crippen molar-refractivity contribution < 1.29 is 13.2 Å². The first kappa shape index (κ1) is 19.5. The Balaban J connectivity index is 1.90. The number of anilines is 2.